The molecule has 7 nitrogen and oxygen atoms in total. The second-order valence-corrected chi connectivity index (χ2v) is 7.51. The lowest BCUT2D eigenvalue weighted by Crippen LogP contribution is -2.53. The van der Waals surface area contributed by atoms with Crippen molar-refractivity contribution in [2.24, 2.45) is 0 Å². The minimum absolute atomic E-state index is 0.0513. The van der Waals surface area contributed by atoms with Gasteiger partial charge in [0, 0.05) is 30.7 Å². The first-order valence-corrected chi connectivity index (χ1v) is 10.2. The van der Waals surface area contributed by atoms with Crippen molar-refractivity contribution in [2.45, 2.75) is 38.4 Å². The second kappa shape index (κ2) is 9.43. The molecule has 2 aliphatic rings. The van der Waals surface area contributed by atoms with E-state index in [2.05, 4.69) is 10.2 Å². The van der Waals surface area contributed by atoms with Gasteiger partial charge in [0.2, 0.25) is 0 Å². The van der Waals surface area contributed by atoms with Crippen molar-refractivity contribution in [3.8, 4) is 0 Å². The number of cyclic esters (lactones) is 1. The van der Waals surface area contributed by atoms with Crippen molar-refractivity contribution in [3.63, 3.8) is 0 Å². The predicted octanol–water partition coefficient (Wildman–Crippen LogP) is 2.56. The molecule has 2 fully saturated rings. The van der Waals surface area contributed by atoms with Crippen LogP contribution in [0, 0.1) is 0 Å². The number of carbonyl (C=O) groups is 2. The maximum absolute atomic E-state index is 12.1. The summed E-state index contributed by atoms with van der Waals surface area (Å²) in [4.78, 5) is 27.9. The molecule has 1 aromatic rings. The maximum Gasteiger partial charge on any atom is 0.410 e. The van der Waals surface area contributed by atoms with Crippen LogP contribution in [0.5, 0.6) is 0 Å². The molecule has 0 radical (unpaired) electrons. The van der Waals surface area contributed by atoms with E-state index in [1.165, 1.54) is 4.90 Å². The molecule has 1 atom stereocenters. The summed E-state index contributed by atoms with van der Waals surface area (Å²) >= 11 is 11.7. The summed E-state index contributed by atoms with van der Waals surface area (Å²) in [6.07, 6.45) is 0.966. The zero-order valence-electron chi connectivity index (χ0n) is 15.7. The third-order valence-electron chi connectivity index (χ3n) is 5.00. The Labute approximate surface area is 174 Å². The topological polar surface area (TPSA) is 71.1 Å². The van der Waals surface area contributed by atoms with Gasteiger partial charge in [0.15, 0.2) is 11.2 Å². The van der Waals surface area contributed by atoms with Crippen LogP contribution in [-0.2, 0) is 20.8 Å². The number of hydrogen-bond acceptors (Lipinski definition) is 5. The zero-order chi connectivity index (χ0) is 20.1. The number of piperidine rings is 1. The van der Waals surface area contributed by atoms with Crippen LogP contribution in [0.1, 0.15) is 25.3 Å². The normalized spacial score (nSPS) is 20.1. The standard InChI is InChI=1S/C19H24ClN3O4S/c1-2-26-17(24)16-12-27-19(25)23(16)14-7-9-22(10-8-14)18(28)21-11-13-5-3-4-6-15(13)20/h3-6,14,16H,2,7-12H2,1H3,(H,21,28)/t16-/m0/s1. The molecule has 2 saturated heterocycles. The second-order valence-electron chi connectivity index (χ2n) is 6.72. The molecular formula is C19H24ClN3O4S. The number of halogens is 1. The van der Waals surface area contributed by atoms with Crippen molar-refractivity contribution < 1.29 is 19.1 Å². The maximum atomic E-state index is 12.1. The smallest absolute Gasteiger partial charge is 0.410 e. The van der Waals surface area contributed by atoms with Crippen LogP contribution in [0.3, 0.4) is 0 Å². The molecule has 9 heteroatoms. The van der Waals surface area contributed by atoms with Gasteiger partial charge in [0.25, 0.3) is 0 Å². The van der Waals surface area contributed by atoms with Gasteiger partial charge in [-0.1, -0.05) is 29.8 Å². The van der Waals surface area contributed by atoms with E-state index in [-0.39, 0.29) is 19.3 Å². The number of thiocarbonyl (C=S) groups is 1. The van der Waals surface area contributed by atoms with E-state index in [4.69, 9.17) is 33.3 Å². The third kappa shape index (κ3) is 4.67. The Morgan fingerprint density at radius 1 is 1.36 bits per heavy atom. The molecule has 0 aliphatic carbocycles. The minimum Gasteiger partial charge on any atom is -0.464 e. The Bertz CT molecular complexity index is 740. The van der Waals surface area contributed by atoms with Crippen molar-refractivity contribution >= 4 is 41.0 Å². The first-order chi connectivity index (χ1) is 13.5. The van der Waals surface area contributed by atoms with Crippen LogP contribution in [0.4, 0.5) is 4.79 Å². The van der Waals surface area contributed by atoms with Crippen LogP contribution < -0.4 is 5.32 Å². The Morgan fingerprint density at radius 2 is 2.07 bits per heavy atom. The number of amides is 1. The highest BCUT2D eigenvalue weighted by Gasteiger charge is 2.44. The van der Waals surface area contributed by atoms with Gasteiger partial charge in [-0.05, 0) is 43.6 Å². The molecule has 1 aromatic carbocycles. The van der Waals surface area contributed by atoms with E-state index >= 15 is 0 Å². The van der Waals surface area contributed by atoms with Crippen molar-refractivity contribution in [2.75, 3.05) is 26.3 Å². The monoisotopic (exact) mass is 425 g/mol. The Hall–Kier alpha value is -2.06. The quantitative estimate of drug-likeness (QED) is 0.574. The lowest BCUT2D eigenvalue weighted by molar-refractivity contribution is -0.148. The number of rotatable bonds is 5. The fourth-order valence-corrected chi connectivity index (χ4v) is 3.98. The molecule has 0 bridgehead atoms. The molecule has 0 aromatic heterocycles. The first-order valence-electron chi connectivity index (χ1n) is 9.39. The first kappa shape index (κ1) is 20.7. The highest BCUT2D eigenvalue weighted by atomic mass is 35.5. The number of esters is 1. The van der Waals surface area contributed by atoms with Gasteiger partial charge < -0.3 is 19.7 Å². The molecule has 28 heavy (non-hydrogen) atoms. The largest absolute Gasteiger partial charge is 0.464 e. The van der Waals surface area contributed by atoms with E-state index in [1.807, 2.05) is 24.3 Å². The fraction of sp³-hybridized carbons (Fsp3) is 0.526. The van der Waals surface area contributed by atoms with Crippen LogP contribution in [-0.4, -0.2) is 65.4 Å². The summed E-state index contributed by atoms with van der Waals surface area (Å²) in [5.74, 6) is -0.410. The molecule has 0 spiro atoms. The van der Waals surface area contributed by atoms with Crippen LogP contribution in [0.25, 0.3) is 0 Å². The van der Waals surface area contributed by atoms with Gasteiger partial charge >= 0.3 is 12.1 Å². The fourth-order valence-electron chi connectivity index (χ4n) is 3.53. The molecule has 1 amide bonds. The molecule has 0 saturated carbocycles. The summed E-state index contributed by atoms with van der Waals surface area (Å²) in [7, 11) is 0. The lowest BCUT2D eigenvalue weighted by atomic mass is 10.0. The van der Waals surface area contributed by atoms with Crippen molar-refractivity contribution in [1.29, 1.82) is 0 Å². The van der Waals surface area contributed by atoms with Crippen LogP contribution in [0.2, 0.25) is 5.02 Å². The zero-order valence-corrected chi connectivity index (χ0v) is 17.3. The summed E-state index contributed by atoms with van der Waals surface area (Å²) < 4.78 is 10.2. The minimum atomic E-state index is -0.658. The summed E-state index contributed by atoms with van der Waals surface area (Å²) in [6.45, 7) is 4.02. The Morgan fingerprint density at radius 3 is 2.75 bits per heavy atom. The highest BCUT2D eigenvalue weighted by molar-refractivity contribution is 7.80. The number of nitrogens with zero attached hydrogens (tertiary/aromatic N) is 2. The molecule has 2 aliphatic heterocycles. The highest BCUT2D eigenvalue weighted by Crippen LogP contribution is 2.25. The van der Waals surface area contributed by atoms with Crippen LogP contribution >= 0.6 is 23.8 Å². The molecule has 3 rings (SSSR count). The summed E-state index contributed by atoms with van der Waals surface area (Å²) in [6, 6.07) is 6.91. The van der Waals surface area contributed by atoms with Gasteiger partial charge in [-0.25, -0.2) is 9.59 Å². The number of hydrogen-bond donors (Lipinski definition) is 1. The lowest BCUT2D eigenvalue weighted by Gasteiger charge is -2.38. The number of likely N-dealkylation sites (tertiary alicyclic amines) is 1. The molecule has 152 valence electrons. The summed E-state index contributed by atoms with van der Waals surface area (Å²) in [5, 5.41) is 4.60. The molecular weight excluding hydrogens is 402 g/mol. The van der Waals surface area contributed by atoms with Crippen LogP contribution in [0.15, 0.2) is 24.3 Å². The number of carbonyl (C=O) groups excluding carboxylic acids is 2. The van der Waals surface area contributed by atoms with Gasteiger partial charge in [-0.3, -0.25) is 4.90 Å². The van der Waals surface area contributed by atoms with E-state index in [0.717, 1.165) is 5.56 Å². The number of benzene rings is 1. The van der Waals surface area contributed by atoms with E-state index in [9.17, 15) is 9.59 Å². The number of nitrogens with one attached hydrogen (secondary N) is 1. The SMILES string of the molecule is CCOC(=O)[C@@H]1COC(=O)N1C1CCN(C(=S)NCc2ccccc2Cl)CC1. The van der Waals surface area contributed by atoms with Crippen molar-refractivity contribution in [1.82, 2.24) is 15.1 Å². The molecule has 0 unspecified atom stereocenters. The van der Waals surface area contributed by atoms with Crippen molar-refractivity contribution in [3.05, 3.63) is 34.9 Å². The van der Waals surface area contributed by atoms with E-state index in [1.54, 1.807) is 6.92 Å². The van der Waals surface area contributed by atoms with E-state index < -0.39 is 18.1 Å². The summed E-state index contributed by atoms with van der Waals surface area (Å²) in [5.41, 5.74) is 0.985. The van der Waals surface area contributed by atoms with Gasteiger partial charge in [0.05, 0.1) is 6.61 Å². The third-order valence-corrected chi connectivity index (χ3v) is 5.77. The average molecular weight is 426 g/mol. The van der Waals surface area contributed by atoms with Gasteiger partial charge in [-0.15, -0.1) is 0 Å². The van der Waals surface area contributed by atoms with E-state index in [0.29, 0.717) is 42.6 Å². The molecule has 1 N–H and O–H groups in total. The Balaban J connectivity index is 1.52. The Kier molecular flexibility index (Phi) is 6.96. The molecule has 2 heterocycles. The number of ether oxygens (including phenoxy) is 2. The van der Waals surface area contributed by atoms with Gasteiger partial charge in [-0.2, -0.15) is 0 Å². The van der Waals surface area contributed by atoms with Gasteiger partial charge in [0.1, 0.15) is 6.61 Å². The predicted molar refractivity (Wildman–Crippen MR) is 109 cm³/mol. The average Bonchev–Trinajstić information content (AvgIpc) is 3.09.